The largest absolute Gasteiger partial charge is 0.486 e. The van der Waals surface area contributed by atoms with Crippen molar-refractivity contribution in [1.29, 1.82) is 0 Å². The SMILES string of the molecule is CC(C)Oc1c(N)cc(Br)cc1F. The molecule has 1 aromatic carbocycles. The fourth-order valence-corrected chi connectivity index (χ4v) is 1.39. The van der Waals surface area contributed by atoms with Crippen molar-refractivity contribution in [3.05, 3.63) is 22.4 Å². The third-order valence-electron chi connectivity index (χ3n) is 1.39. The van der Waals surface area contributed by atoms with Gasteiger partial charge in [-0.3, -0.25) is 0 Å². The van der Waals surface area contributed by atoms with E-state index in [4.69, 9.17) is 10.5 Å². The Morgan fingerprint density at radius 2 is 2.08 bits per heavy atom. The van der Waals surface area contributed by atoms with E-state index in [1.54, 1.807) is 6.07 Å². The Morgan fingerprint density at radius 1 is 1.46 bits per heavy atom. The Balaban J connectivity index is 3.06. The van der Waals surface area contributed by atoms with Crippen molar-refractivity contribution in [3.8, 4) is 5.75 Å². The molecule has 0 bridgehead atoms. The van der Waals surface area contributed by atoms with Crippen molar-refractivity contribution < 1.29 is 9.13 Å². The van der Waals surface area contributed by atoms with Gasteiger partial charge >= 0.3 is 0 Å². The third-order valence-corrected chi connectivity index (χ3v) is 1.85. The molecule has 0 atom stereocenters. The molecule has 0 unspecified atom stereocenters. The van der Waals surface area contributed by atoms with Gasteiger partial charge in [-0.1, -0.05) is 15.9 Å². The molecule has 0 aliphatic heterocycles. The molecule has 13 heavy (non-hydrogen) atoms. The lowest BCUT2D eigenvalue weighted by molar-refractivity contribution is 0.232. The van der Waals surface area contributed by atoms with Gasteiger partial charge in [0.05, 0.1) is 11.8 Å². The molecule has 0 aliphatic rings. The molecule has 0 saturated heterocycles. The van der Waals surface area contributed by atoms with Crippen molar-refractivity contribution in [2.24, 2.45) is 0 Å². The number of anilines is 1. The minimum Gasteiger partial charge on any atom is -0.486 e. The maximum absolute atomic E-state index is 13.2. The van der Waals surface area contributed by atoms with E-state index >= 15 is 0 Å². The van der Waals surface area contributed by atoms with Gasteiger partial charge in [0.15, 0.2) is 11.6 Å². The molecule has 72 valence electrons. The van der Waals surface area contributed by atoms with Crippen LogP contribution in [0, 0.1) is 5.82 Å². The highest BCUT2D eigenvalue weighted by Gasteiger charge is 2.10. The number of halogens is 2. The molecule has 4 heteroatoms. The minimum absolute atomic E-state index is 0.0852. The summed E-state index contributed by atoms with van der Waals surface area (Å²) in [4.78, 5) is 0. The number of hydrogen-bond donors (Lipinski definition) is 1. The van der Waals surface area contributed by atoms with E-state index in [0.29, 0.717) is 10.2 Å². The number of ether oxygens (including phenoxy) is 1. The Morgan fingerprint density at radius 3 is 2.54 bits per heavy atom. The van der Waals surface area contributed by atoms with Gasteiger partial charge in [0.1, 0.15) is 0 Å². The van der Waals surface area contributed by atoms with Crippen molar-refractivity contribution in [2.75, 3.05) is 5.73 Å². The predicted octanol–water partition coefficient (Wildman–Crippen LogP) is 2.96. The van der Waals surface area contributed by atoms with E-state index in [-0.39, 0.29) is 11.9 Å². The molecule has 0 fully saturated rings. The van der Waals surface area contributed by atoms with E-state index in [2.05, 4.69) is 15.9 Å². The van der Waals surface area contributed by atoms with Crippen LogP contribution in [-0.4, -0.2) is 6.10 Å². The van der Waals surface area contributed by atoms with Crippen molar-refractivity contribution in [2.45, 2.75) is 20.0 Å². The van der Waals surface area contributed by atoms with Crippen LogP contribution in [0.2, 0.25) is 0 Å². The van der Waals surface area contributed by atoms with Gasteiger partial charge in [-0.05, 0) is 26.0 Å². The molecule has 0 aromatic heterocycles. The van der Waals surface area contributed by atoms with Crippen molar-refractivity contribution in [1.82, 2.24) is 0 Å². The normalized spacial score (nSPS) is 10.5. The van der Waals surface area contributed by atoms with Crippen LogP contribution in [0.25, 0.3) is 0 Å². The number of nitrogen functional groups attached to an aromatic ring is 1. The first kappa shape index (κ1) is 10.3. The Labute approximate surface area is 85.0 Å². The Hall–Kier alpha value is -0.770. The van der Waals surface area contributed by atoms with Crippen molar-refractivity contribution >= 4 is 21.6 Å². The summed E-state index contributed by atoms with van der Waals surface area (Å²) in [6, 6.07) is 2.94. The standard InChI is InChI=1S/C9H11BrFNO/c1-5(2)13-9-7(11)3-6(10)4-8(9)12/h3-5H,12H2,1-2H3. The first-order chi connectivity index (χ1) is 6.00. The van der Waals surface area contributed by atoms with Gasteiger partial charge in [0.2, 0.25) is 0 Å². The summed E-state index contributed by atoms with van der Waals surface area (Å²) in [5.74, 6) is -0.321. The predicted molar refractivity (Wildman–Crippen MR) is 54.3 cm³/mol. The number of nitrogens with two attached hydrogens (primary N) is 1. The average molecular weight is 248 g/mol. The maximum atomic E-state index is 13.2. The summed E-state index contributed by atoms with van der Waals surface area (Å²) in [5, 5.41) is 0. The molecule has 0 heterocycles. The number of rotatable bonds is 2. The fourth-order valence-electron chi connectivity index (χ4n) is 0.940. The highest BCUT2D eigenvalue weighted by Crippen LogP contribution is 2.29. The maximum Gasteiger partial charge on any atom is 0.178 e. The number of hydrogen-bond acceptors (Lipinski definition) is 2. The van der Waals surface area contributed by atoms with Gasteiger partial charge in [-0.2, -0.15) is 0 Å². The zero-order chi connectivity index (χ0) is 10.0. The molecule has 0 saturated carbocycles. The zero-order valence-corrected chi connectivity index (χ0v) is 9.06. The Kier molecular flexibility index (Phi) is 3.14. The third kappa shape index (κ3) is 2.59. The Bertz CT molecular complexity index is 291. The summed E-state index contributed by atoms with van der Waals surface area (Å²) in [5.41, 5.74) is 5.88. The zero-order valence-electron chi connectivity index (χ0n) is 7.47. The molecule has 0 amide bonds. The van der Waals surface area contributed by atoms with Crippen LogP contribution in [0.4, 0.5) is 10.1 Å². The molecule has 2 nitrogen and oxygen atoms in total. The second-order valence-corrected chi connectivity index (χ2v) is 3.89. The second kappa shape index (κ2) is 3.96. The lowest BCUT2D eigenvalue weighted by Gasteiger charge is -2.12. The van der Waals surface area contributed by atoms with Gasteiger partial charge < -0.3 is 10.5 Å². The first-order valence-corrected chi connectivity index (χ1v) is 4.71. The average Bonchev–Trinajstić information content (AvgIpc) is 1.96. The summed E-state index contributed by atoms with van der Waals surface area (Å²) >= 11 is 3.14. The molecule has 1 aromatic rings. The molecule has 1 rings (SSSR count). The summed E-state index contributed by atoms with van der Waals surface area (Å²) < 4.78 is 19.1. The number of benzene rings is 1. The van der Waals surface area contributed by atoms with E-state index in [1.807, 2.05) is 13.8 Å². The lowest BCUT2D eigenvalue weighted by atomic mass is 10.3. The lowest BCUT2D eigenvalue weighted by Crippen LogP contribution is -2.09. The highest BCUT2D eigenvalue weighted by atomic mass is 79.9. The monoisotopic (exact) mass is 247 g/mol. The summed E-state index contributed by atoms with van der Waals surface area (Å²) in [6.07, 6.45) is -0.0852. The smallest absolute Gasteiger partial charge is 0.178 e. The minimum atomic E-state index is -0.444. The fraction of sp³-hybridized carbons (Fsp3) is 0.333. The molecular weight excluding hydrogens is 237 g/mol. The molecule has 0 radical (unpaired) electrons. The van der Waals surface area contributed by atoms with Gasteiger partial charge in [0.25, 0.3) is 0 Å². The van der Waals surface area contributed by atoms with E-state index in [1.165, 1.54) is 6.07 Å². The van der Waals surface area contributed by atoms with Crippen LogP contribution in [0.5, 0.6) is 5.75 Å². The van der Waals surface area contributed by atoms with Gasteiger partial charge in [-0.15, -0.1) is 0 Å². The second-order valence-electron chi connectivity index (χ2n) is 2.97. The topological polar surface area (TPSA) is 35.2 Å². The van der Waals surface area contributed by atoms with E-state index in [0.717, 1.165) is 0 Å². The van der Waals surface area contributed by atoms with Crippen LogP contribution in [-0.2, 0) is 0 Å². The van der Waals surface area contributed by atoms with Crippen LogP contribution in [0.15, 0.2) is 16.6 Å². The van der Waals surface area contributed by atoms with E-state index in [9.17, 15) is 4.39 Å². The summed E-state index contributed by atoms with van der Waals surface area (Å²) in [7, 11) is 0. The van der Waals surface area contributed by atoms with Gasteiger partial charge in [0, 0.05) is 4.47 Å². The van der Waals surface area contributed by atoms with E-state index < -0.39 is 5.82 Å². The quantitative estimate of drug-likeness (QED) is 0.816. The van der Waals surface area contributed by atoms with Crippen LogP contribution < -0.4 is 10.5 Å². The molecule has 2 N–H and O–H groups in total. The molecule has 0 spiro atoms. The van der Waals surface area contributed by atoms with Gasteiger partial charge in [-0.25, -0.2) is 4.39 Å². The molecule has 0 aliphatic carbocycles. The highest BCUT2D eigenvalue weighted by molar-refractivity contribution is 9.10. The first-order valence-electron chi connectivity index (χ1n) is 3.92. The van der Waals surface area contributed by atoms with Crippen LogP contribution in [0.3, 0.4) is 0 Å². The van der Waals surface area contributed by atoms with Crippen LogP contribution >= 0.6 is 15.9 Å². The summed E-state index contributed by atoms with van der Waals surface area (Å²) in [6.45, 7) is 3.64. The molecular formula is C9H11BrFNO. The van der Waals surface area contributed by atoms with Crippen LogP contribution in [0.1, 0.15) is 13.8 Å². The van der Waals surface area contributed by atoms with Crippen molar-refractivity contribution in [3.63, 3.8) is 0 Å².